The van der Waals surface area contributed by atoms with Gasteiger partial charge < -0.3 is 14.6 Å². The van der Waals surface area contributed by atoms with E-state index in [1.807, 2.05) is 24.3 Å². The van der Waals surface area contributed by atoms with E-state index in [4.69, 9.17) is 9.47 Å². The van der Waals surface area contributed by atoms with E-state index in [0.29, 0.717) is 29.2 Å². The number of Topliss-reactive ketones (excluding diaryl/α,β-unsaturated/α-hetero) is 1. The Balaban J connectivity index is 1.82. The molecule has 2 aromatic carbocycles. The van der Waals surface area contributed by atoms with Gasteiger partial charge in [0.05, 0.1) is 23.9 Å². The van der Waals surface area contributed by atoms with E-state index in [1.165, 1.54) is 11.0 Å². The number of esters is 1. The molecule has 0 spiro atoms. The number of thiazole rings is 1. The van der Waals surface area contributed by atoms with Crippen molar-refractivity contribution in [2.24, 2.45) is 0 Å². The van der Waals surface area contributed by atoms with Gasteiger partial charge in [0.1, 0.15) is 23.0 Å². The lowest BCUT2D eigenvalue weighted by molar-refractivity contribution is -0.132. The number of ether oxygens (including phenoxy) is 2. The number of carbonyl (C=O) groups is 3. The van der Waals surface area contributed by atoms with E-state index in [-0.39, 0.29) is 33.4 Å². The zero-order valence-corrected chi connectivity index (χ0v) is 25.4. The van der Waals surface area contributed by atoms with Crippen LogP contribution >= 0.6 is 11.3 Å². The summed E-state index contributed by atoms with van der Waals surface area (Å²) in [6.45, 7) is 14.2. The molecule has 1 fully saturated rings. The molecule has 1 N–H and O–H groups in total. The molecule has 4 rings (SSSR count). The number of rotatable bonds is 10. The molecule has 1 atom stereocenters. The second-order valence-electron chi connectivity index (χ2n) is 11.1. The third kappa shape index (κ3) is 6.31. The third-order valence-electron chi connectivity index (χ3n) is 6.94. The summed E-state index contributed by atoms with van der Waals surface area (Å²) in [4.78, 5) is 45.7. The summed E-state index contributed by atoms with van der Waals surface area (Å²) in [5, 5.41) is 11.6. The highest BCUT2D eigenvalue weighted by atomic mass is 32.1. The first-order valence-electron chi connectivity index (χ1n) is 13.9. The standard InChI is InChI=1S/C33H36N2O6S/c1-7-9-19-40-24-16-12-22(13-17-24)27(36)25-26(21-10-14-23(15-11-21)33(4,5)6)35(30(38)28(25)37)32-34-20(3)29(42-32)31(39)41-18-8-2/h8,10-17,26,36H,2,7,9,18-19H2,1,3-6H3/b27-25-. The molecule has 3 aromatic rings. The van der Waals surface area contributed by atoms with Crippen molar-refractivity contribution in [3.8, 4) is 5.75 Å². The Labute approximate surface area is 250 Å². The Morgan fingerprint density at radius 2 is 1.79 bits per heavy atom. The van der Waals surface area contributed by atoms with E-state index in [2.05, 4.69) is 39.3 Å². The molecule has 0 saturated carbocycles. The number of amides is 1. The lowest BCUT2D eigenvalue weighted by atomic mass is 9.85. The number of carbonyl (C=O) groups excluding carboxylic acids is 3. The monoisotopic (exact) mass is 588 g/mol. The van der Waals surface area contributed by atoms with Crippen molar-refractivity contribution in [1.82, 2.24) is 4.98 Å². The Morgan fingerprint density at radius 1 is 1.12 bits per heavy atom. The molecule has 0 radical (unpaired) electrons. The van der Waals surface area contributed by atoms with E-state index in [0.717, 1.165) is 29.7 Å². The number of benzene rings is 2. The van der Waals surface area contributed by atoms with Crippen LogP contribution in [-0.4, -0.2) is 41.0 Å². The maximum atomic E-state index is 13.6. The summed E-state index contributed by atoms with van der Waals surface area (Å²) in [7, 11) is 0. The number of nitrogens with zero attached hydrogens (tertiary/aromatic N) is 2. The predicted octanol–water partition coefficient (Wildman–Crippen LogP) is 6.90. The molecule has 1 aliphatic heterocycles. The van der Waals surface area contributed by atoms with Gasteiger partial charge >= 0.3 is 11.9 Å². The zero-order valence-electron chi connectivity index (χ0n) is 24.6. The van der Waals surface area contributed by atoms with Crippen LogP contribution in [-0.2, 0) is 19.7 Å². The van der Waals surface area contributed by atoms with Crippen molar-refractivity contribution in [3.05, 3.63) is 94.0 Å². The maximum absolute atomic E-state index is 13.6. The number of anilines is 1. The Bertz CT molecular complexity index is 1510. The number of aliphatic hydroxyl groups excluding tert-OH is 1. The number of aryl methyl sites for hydroxylation is 1. The van der Waals surface area contributed by atoms with Crippen molar-refractivity contribution in [3.63, 3.8) is 0 Å². The van der Waals surface area contributed by atoms with Gasteiger partial charge in [-0.1, -0.05) is 82.4 Å². The molecule has 0 bridgehead atoms. The van der Waals surface area contributed by atoms with Gasteiger partial charge in [0, 0.05) is 5.56 Å². The zero-order chi connectivity index (χ0) is 30.6. The molecule has 1 aliphatic rings. The molecule has 1 unspecified atom stereocenters. The van der Waals surface area contributed by atoms with Crippen LogP contribution in [0.1, 0.15) is 78.6 Å². The first-order valence-corrected chi connectivity index (χ1v) is 14.7. The van der Waals surface area contributed by atoms with Crippen LogP contribution in [0.15, 0.2) is 66.8 Å². The van der Waals surface area contributed by atoms with Crippen molar-refractivity contribution in [2.45, 2.75) is 58.9 Å². The van der Waals surface area contributed by atoms with E-state index in [9.17, 15) is 19.5 Å². The molecule has 1 amide bonds. The normalized spacial score (nSPS) is 16.5. The lowest BCUT2D eigenvalue weighted by Crippen LogP contribution is -2.29. The number of aromatic nitrogens is 1. The summed E-state index contributed by atoms with van der Waals surface area (Å²) in [5.41, 5.74) is 2.24. The fourth-order valence-corrected chi connectivity index (χ4v) is 5.57. The minimum atomic E-state index is -0.970. The fourth-order valence-electron chi connectivity index (χ4n) is 4.58. The van der Waals surface area contributed by atoms with Gasteiger partial charge in [0.2, 0.25) is 0 Å². The first kappa shape index (κ1) is 30.7. The van der Waals surface area contributed by atoms with Gasteiger partial charge in [-0.15, -0.1) is 0 Å². The van der Waals surface area contributed by atoms with Crippen LogP contribution in [0, 0.1) is 6.92 Å². The molecule has 220 valence electrons. The molecule has 1 saturated heterocycles. The molecule has 8 nitrogen and oxygen atoms in total. The first-order chi connectivity index (χ1) is 20.0. The number of ketones is 1. The molecular weight excluding hydrogens is 552 g/mol. The highest BCUT2D eigenvalue weighted by Gasteiger charge is 2.48. The summed E-state index contributed by atoms with van der Waals surface area (Å²) in [6.07, 6.45) is 3.38. The third-order valence-corrected chi connectivity index (χ3v) is 8.08. The van der Waals surface area contributed by atoms with Gasteiger partial charge in [0.25, 0.3) is 5.78 Å². The minimum Gasteiger partial charge on any atom is -0.507 e. The van der Waals surface area contributed by atoms with E-state index < -0.39 is 23.7 Å². The molecule has 2 heterocycles. The number of unbranched alkanes of at least 4 members (excludes halogenated alkanes) is 1. The van der Waals surface area contributed by atoms with E-state index in [1.54, 1.807) is 31.2 Å². The molecule has 0 aliphatic carbocycles. The molecular formula is C33H36N2O6S. The summed E-state index contributed by atoms with van der Waals surface area (Å²) < 4.78 is 10.9. The van der Waals surface area contributed by atoms with Gasteiger partial charge in [-0.2, -0.15) is 0 Å². The number of aliphatic hydroxyl groups is 1. The van der Waals surface area contributed by atoms with Crippen LogP contribution in [0.4, 0.5) is 5.13 Å². The average molecular weight is 589 g/mol. The Morgan fingerprint density at radius 3 is 2.38 bits per heavy atom. The highest BCUT2D eigenvalue weighted by molar-refractivity contribution is 7.17. The Hall–Kier alpha value is -4.24. The van der Waals surface area contributed by atoms with Crippen LogP contribution in [0.3, 0.4) is 0 Å². The van der Waals surface area contributed by atoms with Crippen molar-refractivity contribution >= 4 is 39.9 Å². The molecule has 9 heteroatoms. The van der Waals surface area contributed by atoms with Crippen molar-refractivity contribution in [1.29, 1.82) is 0 Å². The second-order valence-corrected chi connectivity index (χ2v) is 12.0. The largest absolute Gasteiger partial charge is 0.507 e. The van der Waals surface area contributed by atoms with Crippen molar-refractivity contribution in [2.75, 3.05) is 18.1 Å². The van der Waals surface area contributed by atoms with Crippen molar-refractivity contribution < 1.29 is 29.0 Å². The average Bonchev–Trinajstić information content (AvgIpc) is 3.47. The van der Waals surface area contributed by atoms with Crippen LogP contribution in [0.25, 0.3) is 5.76 Å². The van der Waals surface area contributed by atoms with Crippen LogP contribution in [0.2, 0.25) is 0 Å². The lowest BCUT2D eigenvalue weighted by Gasteiger charge is -2.24. The van der Waals surface area contributed by atoms with Crippen LogP contribution < -0.4 is 9.64 Å². The quantitative estimate of drug-likeness (QED) is 0.0686. The topological polar surface area (TPSA) is 106 Å². The smallest absolute Gasteiger partial charge is 0.350 e. The van der Waals surface area contributed by atoms with E-state index >= 15 is 0 Å². The second kappa shape index (κ2) is 12.7. The highest BCUT2D eigenvalue weighted by Crippen LogP contribution is 2.44. The minimum absolute atomic E-state index is 0.0264. The van der Waals surface area contributed by atoms with Crippen LogP contribution in [0.5, 0.6) is 5.75 Å². The fraction of sp³-hybridized carbons (Fsp3) is 0.333. The van der Waals surface area contributed by atoms with Gasteiger partial charge in [-0.05, 0) is 54.2 Å². The van der Waals surface area contributed by atoms with Gasteiger partial charge in [-0.3, -0.25) is 14.5 Å². The summed E-state index contributed by atoms with van der Waals surface area (Å²) in [5.74, 6) is -1.95. The predicted molar refractivity (Wildman–Crippen MR) is 164 cm³/mol. The molecule has 42 heavy (non-hydrogen) atoms. The number of hydrogen-bond donors (Lipinski definition) is 1. The molecule has 1 aromatic heterocycles. The van der Waals surface area contributed by atoms with Gasteiger partial charge in [-0.25, -0.2) is 9.78 Å². The Kier molecular flexibility index (Phi) is 9.31. The SMILES string of the molecule is C=CCOC(=O)c1sc(N2C(=O)C(=O)/C(=C(\O)c3ccc(OCCCC)cc3)C2c2ccc(C(C)(C)C)cc2)nc1C. The summed E-state index contributed by atoms with van der Waals surface area (Å²) in [6, 6.07) is 13.4. The summed E-state index contributed by atoms with van der Waals surface area (Å²) >= 11 is 0.960. The van der Waals surface area contributed by atoms with Gasteiger partial charge in [0.15, 0.2) is 5.13 Å². The maximum Gasteiger partial charge on any atom is 0.350 e. The number of hydrogen-bond acceptors (Lipinski definition) is 8.